The molecular weight excluding hydrogens is 236 g/mol. The number of halogens is 2. The van der Waals surface area contributed by atoms with Crippen molar-refractivity contribution in [3.63, 3.8) is 0 Å². The van der Waals surface area contributed by atoms with Crippen molar-refractivity contribution in [3.05, 3.63) is 29.3 Å². The number of nitrogens with two attached hydrogens (primary N) is 1. The van der Waals surface area contributed by atoms with Gasteiger partial charge in [0, 0.05) is 17.5 Å². The fraction of sp³-hybridized carbons (Fsp3) is 0.571. The monoisotopic (exact) mass is 255 g/mol. The molecule has 0 unspecified atom stereocenters. The quantitative estimate of drug-likeness (QED) is 0.895. The van der Waals surface area contributed by atoms with Crippen molar-refractivity contribution in [2.75, 3.05) is 13.7 Å². The van der Waals surface area contributed by atoms with Crippen LogP contribution < -0.4 is 10.5 Å². The molecule has 1 aliphatic rings. The zero-order valence-electron chi connectivity index (χ0n) is 10.6. The molecule has 0 amide bonds. The highest BCUT2D eigenvalue weighted by atomic mass is 19.3. The third kappa shape index (κ3) is 2.09. The first kappa shape index (κ1) is 13.3. The summed E-state index contributed by atoms with van der Waals surface area (Å²) in [5.41, 5.74) is 6.54. The van der Waals surface area contributed by atoms with E-state index in [1.807, 2.05) is 6.07 Å². The van der Waals surface area contributed by atoms with Gasteiger partial charge in [-0.1, -0.05) is 25.0 Å². The lowest BCUT2D eigenvalue weighted by Gasteiger charge is -2.30. The molecule has 0 radical (unpaired) electrons. The van der Waals surface area contributed by atoms with E-state index in [9.17, 15) is 8.78 Å². The van der Waals surface area contributed by atoms with Crippen LogP contribution in [0.2, 0.25) is 0 Å². The summed E-state index contributed by atoms with van der Waals surface area (Å²) in [6.45, 7) is 0.482. The topological polar surface area (TPSA) is 35.2 Å². The molecule has 18 heavy (non-hydrogen) atoms. The SMILES string of the molecule is COc1c(C(F)F)cccc1C1(CN)CCCC1. The Morgan fingerprint density at radius 1 is 1.33 bits per heavy atom. The first-order chi connectivity index (χ1) is 8.64. The third-order valence-electron chi connectivity index (χ3n) is 4.01. The molecule has 0 saturated heterocycles. The van der Waals surface area contributed by atoms with E-state index in [-0.39, 0.29) is 11.0 Å². The van der Waals surface area contributed by atoms with Gasteiger partial charge in [-0.2, -0.15) is 0 Å². The van der Waals surface area contributed by atoms with E-state index in [1.165, 1.54) is 13.2 Å². The number of hydrogen-bond donors (Lipinski definition) is 1. The van der Waals surface area contributed by atoms with Crippen LogP contribution in [-0.2, 0) is 5.41 Å². The van der Waals surface area contributed by atoms with E-state index in [0.717, 1.165) is 31.2 Å². The highest BCUT2D eigenvalue weighted by molar-refractivity contribution is 5.47. The van der Waals surface area contributed by atoms with Crippen LogP contribution in [0.3, 0.4) is 0 Å². The van der Waals surface area contributed by atoms with Crippen molar-refractivity contribution >= 4 is 0 Å². The van der Waals surface area contributed by atoms with Gasteiger partial charge < -0.3 is 10.5 Å². The van der Waals surface area contributed by atoms with Gasteiger partial charge in [0.25, 0.3) is 6.43 Å². The summed E-state index contributed by atoms with van der Waals surface area (Å²) in [6, 6.07) is 4.98. The lowest BCUT2D eigenvalue weighted by atomic mass is 9.78. The van der Waals surface area contributed by atoms with E-state index in [4.69, 9.17) is 10.5 Å². The minimum Gasteiger partial charge on any atom is -0.496 e. The van der Waals surface area contributed by atoms with Gasteiger partial charge in [-0.25, -0.2) is 8.78 Å². The molecule has 1 aromatic rings. The molecule has 1 aliphatic carbocycles. The van der Waals surface area contributed by atoms with Crippen LogP contribution in [0.5, 0.6) is 5.75 Å². The highest BCUT2D eigenvalue weighted by Gasteiger charge is 2.37. The van der Waals surface area contributed by atoms with Gasteiger partial charge in [0.1, 0.15) is 5.75 Å². The third-order valence-corrected chi connectivity index (χ3v) is 4.01. The summed E-state index contributed by atoms with van der Waals surface area (Å²) in [6.07, 6.45) is 1.58. The number of para-hydroxylation sites is 1. The highest BCUT2D eigenvalue weighted by Crippen LogP contribution is 2.46. The zero-order valence-corrected chi connectivity index (χ0v) is 10.6. The van der Waals surface area contributed by atoms with Crippen LogP contribution in [0.1, 0.15) is 43.2 Å². The Hall–Kier alpha value is -1.16. The Morgan fingerprint density at radius 3 is 2.50 bits per heavy atom. The molecule has 1 saturated carbocycles. The number of methoxy groups -OCH3 is 1. The second kappa shape index (κ2) is 5.22. The van der Waals surface area contributed by atoms with Gasteiger partial charge in [0.05, 0.1) is 12.7 Å². The van der Waals surface area contributed by atoms with Gasteiger partial charge in [-0.05, 0) is 18.9 Å². The largest absolute Gasteiger partial charge is 0.496 e. The molecule has 2 rings (SSSR count). The number of hydrogen-bond acceptors (Lipinski definition) is 2. The van der Waals surface area contributed by atoms with E-state index in [2.05, 4.69) is 0 Å². The molecule has 1 aromatic carbocycles. The average Bonchev–Trinajstić information content (AvgIpc) is 2.87. The van der Waals surface area contributed by atoms with Crippen molar-refractivity contribution < 1.29 is 13.5 Å². The molecule has 0 bridgehead atoms. The molecule has 1 fully saturated rings. The van der Waals surface area contributed by atoms with E-state index < -0.39 is 6.43 Å². The number of alkyl halides is 2. The molecule has 100 valence electrons. The Labute approximate surface area is 106 Å². The van der Waals surface area contributed by atoms with Gasteiger partial charge in [0.15, 0.2) is 0 Å². The van der Waals surface area contributed by atoms with Gasteiger partial charge in [-0.3, -0.25) is 0 Å². The molecule has 0 atom stereocenters. The molecule has 2 nitrogen and oxygen atoms in total. The normalized spacial score (nSPS) is 18.3. The molecule has 0 spiro atoms. The molecule has 0 aromatic heterocycles. The van der Waals surface area contributed by atoms with Crippen LogP contribution in [0, 0.1) is 0 Å². The Kier molecular flexibility index (Phi) is 3.85. The lowest BCUT2D eigenvalue weighted by molar-refractivity contribution is 0.146. The minimum atomic E-state index is -2.52. The average molecular weight is 255 g/mol. The first-order valence-corrected chi connectivity index (χ1v) is 6.30. The van der Waals surface area contributed by atoms with Crippen LogP contribution in [0.15, 0.2) is 18.2 Å². The Bertz CT molecular complexity index is 414. The maximum absolute atomic E-state index is 13.0. The lowest BCUT2D eigenvalue weighted by Crippen LogP contribution is -2.32. The molecule has 4 heteroatoms. The summed E-state index contributed by atoms with van der Waals surface area (Å²) in [5, 5.41) is 0. The fourth-order valence-electron chi connectivity index (χ4n) is 3.01. The van der Waals surface area contributed by atoms with E-state index >= 15 is 0 Å². The van der Waals surface area contributed by atoms with E-state index in [1.54, 1.807) is 6.07 Å². The molecule has 2 N–H and O–H groups in total. The number of ether oxygens (including phenoxy) is 1. The molecule has 0 aliphatic heterocycles. The smallest absolute Gasteiger partial charge is 0.267 e. The fourth-order valence-corrected chi connectivity index (χ4v) is 3.01. The van der Waals surface area contributed by atoms with Gasteiger partial charge >= 0.3 is 0 Å². The zero-order chi connectivity index (χ0) is 13.2. The second-order valence-electron chi connectivity index (χ2n) is 4.92. The van der Waals surface area contributed by atoms with Gasteiger partial charge in [0.2, 0.25) is 0 Å². The summed E-state index contributed by atoms with van der Waals surface area (Å²) in [4.78, 5) is 0. The predicted molar refractivity (Wildman–Crippen MR) is 67.2 cm³/mol. The minimum absolute atomic E-state index is 0.0327. The molecular formula is C14H19F2NO. The van der Waals surface area contributed by atoms with Crippen molar-refractivity contribution in [2.24, 2.45) is 5.73 Å². The Balaban J connectivity index is 2.52. The van der Waals surface area contributed by atoms with Crippen molar-refractivity contribution in [3.8, 4) is 5.75 Å². The van der Waals surface area contributed by atoms with Crippen LogP contribution in [-0.4, -0.2) is 13.7 Å². The second-order valence-corrected chi connectivity index (χ2v) is 4.92. The summed E-state index contributed by atoms with van der Waals surface area (Å²) < 4.78 is 31.2. The standard InChI is InChI=1S/C14H19F2NO/c1-18-12-10(13(15)16)5-4-6-11(12)14(9-17)7-2-3-8-14/h4-6,13H,2-3,7-9,17H2,1H3. The van der Waals surface area contributed by atoms with E-state index in [0.29, 0.717) is 12.3 Å². The summed E-state index contributed by atoms with van der Waals surface area (Å²) >= 11 is 0. The summed E-state index contributed by atoms with van der Waals surface area (Å²) in [5.74, 6) is 0.319. The van der Waals surface area contributed by atoms with Crippen molar-refractivity contribution in [1.29, 1.82) is 0 Å². The van der Waals surface area contributed by atoms with Crippen LogP contribution in [0.4, 0.5) is 8.78 Å². The number of benzene rings is 1. The maximum Gasteiger partial charge on any atom is 0.267 e. The number of rotatable bonds is 4. The van der Waals surface area contributed by atoms with Crippen molar-refractivity contribution in [2.45, 2.75) is 37.5 Å². The summed E-state index contributed by atoms with van der Waals surface area (Å²) in [7, 11) is 1.45. The van der Waals surface area contributed by atoms with Gasteiger partial charge in [-0.15, -0.1) is 0 Å². The van der Waals surface area contributed by atoms with Crippen LogP contribution >= 0.6 is 0 Å². The molecule has 0 heterocycles. The maximum atomic E-state index is 13.0. The van der Waals surface area contributed by atoms with Crippen molar-refractivity contribution in [1.82, 2.24) is 0 Å². The first-order valence-electron chi connectivity index (χ1n) is 6.30. The Morgan fingerprint density at radius 2 is 2.00 bits per heavy atom. The predicted octanol–water partition coefficient (Wildman–Crippen LogP) is 3.40. The van der Waals surface area contributed by atoms with Crippen LogP contribution in [0.25, 0.3) is 0 Å².